The third-order valence-electron chi connectivity index (χ3n) is 1.80. The van der Waals surface area contributed by atoms with Gasteiger partial charge in [-0.1, -0.05) is 0 Å². The average Bonchev–Trinajstić information content (AvgIpc) is 2.25. The molecule has 0 radical (unpaired) electrons. The van der Waals surface area contributed by atoms with Gasteiger partial charge in [0.25, 0.3) is 4.74 Å². The van der Waals surface area contributed by atoms with Crippen molar-refractivity contribution in [2.24, 2.45) is 9.98 Å². The lowest BCUT2D eigenvalue weighted by molar-refractivity contribution is -0.595. The number of quaternary nitrogens is 1. The van der Waals surface area contributed by atoms with Crippen LogP contribution in [0.3, 0.4) is 0 Å². The van der Waals surface area contributed by atoms with Crippen LogP contribution in [0.4, 0.5) is 0 Å². The number of fused-ring (bicyclic) bond motifs is 1. The topological polar surface area (TPSA) is 24.7 Å². The van der Waals surface area contributed by atoms with Gasteiger partial charge in [0.15, 0.2) is 11.8 Å². The lowest BCUT2D eigenvalue weighted by Crippen LogP contribution is -2.33. The summed E-state index contributed by atoms with van der Waals surface area (Å²) >= 11 is 9.55. The van der Waals surface area contributed by atoms with E-state index < -0.39 is 0 Å². The van der Waals surface area contributed by atoms with Crippen molar-refractivity contribution >= 4 is 38.7 Å². The minimum absolute atomic E-state index is 0.0787. The number of nitrogens with zero attached hydrogens (tertiary/aromatic N) is 3. The molecular weight excluding hydrogens is 241 g/mol. The Hall–Kier alpha value is -0.450. The Bertz CT molecular complexity index is 356. The fourth-order valence-electron chi connectivity index (χ4n) is 1.17. The molecule has 0 aromatic rings. The highest BCUT2D eigenvalue weighted by Crippen LogP contribution is 2.36. The molecule has 0 bridgehead atoms. The van der Waals surface area contributed by atoms with E-state index in [1.807, 2.05) is 6.92 Å². The van der Waals surface area contributed by atoms with Gasteiger partial charge >= 0.3 is 0 Å². The summed E-state index contributed by atoms with van der Waals surface area (Å²) in [5, 5.41) is 0. The Kier molecular flexibility index (Phi) is 1.71. The molecule has 1 unspecified atom stereocenters. The third kappa shape index (κ3) is 0.920. The van der Waals surface area contributed by atoms with E-state index in [1.54, 1.807) is 18.6 Å². The largest absolute Gasteiger partial charge is 0.299 e. The first kappa shape index (κ1) is 8.16. The van der Waals surface area contributed by atoms with Crippen molar-refractivity contribution in [3.8, 4) is 0 Å². The summed E-state index contributed by atoms with van der Waals surface area (Å²) in [7, 11) is 0. The molecule has 2 rings (SSSR count). The SMILES string of the molecule is CC1=C2C=NC=C[N+]2(Cl)C(Br)=N1. The maximum Gasteiger partial charge on any atom is 0.299 e. The fraction of sp³-hybridized carbons (Fsp3) is 0.143. The minimum Gasteiger partial charge on any atom is -0.253 e. The smallest absolute Gasteiger partial charge is 0.253 e. The van der Waals surface area contributed by atoms with Crippen LogP contribution >= 0.6 is 27.7 Å². The first-order chi connectivity index (χ1) is 5.64. The monoisotopic (exact) mass is 246 g/mol. The van der Waals surface area contributed by atoms with E-state index in [2.05, 4.69) is 25.9 Å². The van der Waals surface area contributed by atoms with Gasteiger partial charge in [-0.15, -0.1) is 4.00 Å². The predicted octanol–water partition coefficient (Wildman–Crippen LogP) is 2.51. The lowest BCUT2D eigenvalue weighted by atomic mass is 10.3. The van der Waals surface area contributed by atoms with Gasteiger partial charge in [-0.05, 0) is 6.92 Å². The summed E-state index contributed by atoms with van der Waals surface area (Å²) in [5.41, 5.74) is 1.79. The zero-order valence-electron chi connectivity index (χ0n) is 6.33. The van der Waals surface area contributed by atoms with E-state index in [0.29, 0.717) is 4.74 Å². The summed E-state index contributed by atoms with van der Waals surface area (Å²) in [6, 6.07) is 0. The molecule has 62 valence electrons. The Balaban J connectivity index is 2.60. The molecule has 0 saturated carbocycles. The zero-order valence-corrected chi connectivity index (χ0v) is 8.67. The summed E-state index contributed by atoms with van der Waals surface area (Å²) in [4.78, 5) is 8.21. The molecule has 2 aliphatic rings. The van der Waals surface area contributed by atoms with Crippen LogP contribution in [0.5, 0.6) is 0 Å². The fourth-order valence-corrected chi connectivity index (χ4v) is 2.00. The second-order valence-corrected chi connectivity index (χ2v) is 3.81. The Morgan fingerprint density at radius 3 is 3.00 bits per heavy atom. The summed E-state index contributed by atoms with van der Waals surface area (Å²) in [6.45, 7) is 1.91. The van der Waals surface area contributed by atoms with Crippen LogP contribution in [0.2, 0.25) is 0 Å². The number of allylic oxidation sites excluding steroid dienone is 2. The number of rotatable bonds is 0. The second-order valence-electron chi connectivity index (χ2n) is 2.56. The molecule has 0 spiro atoms. The van der Waals surface area contributed by atoms with E-state index in [4.69, 9.17) is 11.8 Å². The van der Waals surface area contributed by atoms with Crippen LogP contribution < -0.4 is 0 Å². The standard InChI is InChI=1S/C7H6BrClN3/c1-5-6-4-10-2-3-12(6,9)7(8)11-5/h2-4H,1H3/q+1. The first-order valence-corrected chi connectivity index (χ1v) is 4.53. The molecule has 1 atom stereocenters. The van der Waals surface area contributed by atoms with Gasteiger partial charge in [0, 0.05) is 15.9 Å². The van der Waals surface area contributed by atoms with Crippen molar-refractivity contribution in [1.29, 1.82) is 0 Å². The molecule has 0 aromatic heterocycles. The molecule has 5 heteroatoms. The van der Waals surface area contributed by atoms with Crippen molar-refractivity contribution in [1.82, 2.24) is 0 Å². The van der Waals surface area contributed by atoms with Gasteiger partial charge in [-0.3, -0.25) is 4.99 Å². The Morgan fingerprint density at radius 1 is 1.58 bits per heavy atom. The van der Waals surface area contributed by atoms with Gasteiger partial charge in [0.2, 0.25) is 5.70 Å². The minimum atomic E-state index is 0.0787. The molecule has 2 heterocycles. The van der Waals surface area contributed by atoms with E-state index in [1.165, 1.54) is 0 Å². The van der Waals surface area contributed by atoms with E-state index in [9.17, 15) is 0 Å². The van der Waals surface area contributed by atoms with E-state index in [0.717, 1.165) is 11.4 Å². The number of halogens is 2. The van der Waals surface area contributed by atoms with Crippen molar-refractivity contribution < 1.29 is 4.00 Å². The van der Waals surface area contributed by atoms with Gasteiger partial charge in [0.05, 0.1) is 12.4 Å². The molecule has 0 aliphatic carbocycles. The molecule has 0 N–H and O–H groups in total. The average molecular weight is 248 g/mol. The highest BCUT2D eigenvalue weighted by atomic mass is 79.9. The predicted molar refractivity (Wildman–Crippen MR) is 52.8 cm³/mol. The van der Waals surface area contributed by atoms with Crippen molar-refractivity contribution in [2.75, 3.05) is 0 Å². The van der Waals surface area contributed by atoms with Crippen LogP contribution in [-0.4, -0.2) is 15.0 Å². The number of amidine groups is 1. The van der Waals surface area contributed by atoms with Crippen LogP contribution in [-0.2, 0) is 0 Å². The quantitative estimate of drug-likeness (QED) is 0.464. The van der Waals surface area contributed by atoms with Crippen molar-refractivity contribution in [3.63, 3.8) is 0 Å². The highest BCUT2D eigenvalue weighted by molar-refractivity contribution is 9.18. The summed E-state index contributed by atoms with van der Waals surface area (Å²) in [5.74, 6) is 0. The number of hydrogen-bond donors (Lipinski definition) is 0. The Labute approximate surface area is 83.6 Å². The molecule has 12 heavy (non-hydrogen) atoms. The van der Waals surface area contributed by atoms with Gasteiger partial charge < -0.3 is 0 Å². The normalized spacial score (nSPS) is 32.4. The molecule has 0 amide bonds. The zero-order chi connectivity index (χ0) is 8.77. The van der Waals surface area contributed by atoms with Gasteiger partial charge in [-0.2, -0.15) is 4.99 Å². The second kappa shape index (κ2) is 2.52. The maximum atomic E-state index is 6.24. The lowest BCUT2D eigenvalue weighted by Gasteiger charge is -2.19. The van der Waals surface area contributed by atoms with Crippen molar-refractivity contribution in [3.05, 3.63) is 23.8 Å². The van der Waals surface area contributed by atoms with Crippen LogP contribution in [0.25, 0.3) is 0 Å². The van der Waals surface area contributed by atoms with Crippen LogP contribution in [0, 0.1) is 0 Å². The van der Waals surface area contributed by atoms with Crippen molar-refractivity contribution in [2.45, 2.75) is 6.92 Å². The number of aliphatic imine (C=N–C) groups is 2. The molecule has 2 aliphatic heterocycles. The number of hydrogen-bond acceptors (Lipinski definition) is 2. The Morgan fingerprint density at radius 2 is 2.33 bits per heavy atom. The van der Waals surface area contributed by atoms with Gasteiger partial charge in [-0.25, -0.2) is 0 Å². The van der Waals surface area contributed by atoms with E-state index in [-0.39, 0.29) is 4.00 Å². The summed E-state index contributed by atoms with van der Waals surface area (Å²) < 4.78 is 0.758. The molecule has 0 saturated heterocycles. The molecular formula is C7H6BrClN3+. The molecule has 3 nitrogen and oxygen atoms in total. The maximum absolute atomic E-state index is 6.24. The van der Waals surface area contributed by atoms with Gasteiger partial charge in [0.1, 0.15) is 11.9 Å². The first-order valence-electron chi connectivity index (χ1n) is 3.40. The third-order valence-corrected chi connectivity index (χ3v) is 3.20. The van der Waals surface area contributed by atoms with Crippen LogP contribution in [0.15, 0.2) is 33.8 Å². The molecule has 0 aromatic carbocycles. The van der Waals surface area contributed by atoms with Crippen LogP contribution in [0.1, 0.15) is 6.92 Å². The summed E-state index contributed by atoms with van der Waals surface area (Å²) in [6.07, 6.45) is 5.15. The highest BCUT2D eigenvalue weighted by Gasteiger charge is 2.42. The van der Waals surface area contributed by atoms with E-state index >= 15 is 0 Å². The molecule has 0 fully saturated rings.